The first kappa shape index (κ1) is 110. The number of nitrogens with zero attached hydrogens (tertiary/aromatic N) is 9. The van der Waals surface area contributed by atoms with Crippen molar-refractivity contribution >= 4 is 88.0 Å². The molecule has 20 atom stereocenters. The van der Waals surface area contributed by atoms with Crippen molar-refractivity contribution in [3.8, 4) is 34.9 Å². The van der Waals surface area contributed by atoms with Crippen LogP contribution in [0.5, 0.6) is 34.9 Å². The van der Waals surface area contributed by atoms with Crippen molar-refractivity contribution in [1.82, 2.24) is 60.6 Å². The Morgan fingerprint density at radius 2 is 0.727 bits per heavy atom. The van der Waals surface area contributed by atoms with Crippen LogP contribution in [0.4, 0.5) is 53.9 Å². The number of aromatic nitrogens is 6. The van der Waals surface area contributed by atoms with Crippen LogP contribution < -0.4 is 44.4 Å². The predicted octanol–water partition coefficient (Wildman–Crippen LogP) is 17.1. The second kappa shape index (κ2) is 44.0. The maximum Gasteiger partial charge on any atom is 0.573 e. The Kier molecular flexibility index (Phi) is 34.9. The van der Waals surface area contributed by atoms with E-state index in [-0.39, 0.29) is 135 Å². The Morgan fingerprint density at radius 3 is 1.07 bits per heavy atom. The molecule has 6 amide bonds. The minimum atomic E-state index is -4.87. The van der Waals surface area contributed by atoms with E-state index in [0.29, 0.717) is 64.7 Å². The van der Waals surface area contributed by atoms with Crippen molar-refractivity contribution in [3.05, 3.63) is 71.7 Å². The molecule has 9 heterocycles. The van der Waals surface area contributed by atoms with Gasteiger partial charge in [-0.2, -0.15) is 0 Å². The third kappa shape index (κ3) is 26.7. The Bertz CT molecular complexity index is 5340. The molecule has 2 unspecified atom stereocenters. The minimum Gasteiger partial charge on any atom is -0.540 e. The summed E-state index contributed by atoms with van der Waals surface area (Å²) in [4.78, 5) is 150. The van der Waals surface area contributed by atoms with E-state index in [1.165, 1.54) is 51.1 Å². The van der Waals surface area contributed by atoms with E-state index in [1.54, 1.807) is 20.8 Å². The molecular formula is C97H122F9N12O18V3-3. The first-order chi connectivity index (χ1) is 63.9. The summed E-state index contributed by atoms with van der Waals surface area (Å²) in [5.41, 5.74) is -0.191. The molecule has 30 nitrogen and oxygen atoms in total. The standard InChI is InChI=1S/C33H40F3N4O6.C33H42F3N4O6.C31H38F3N4O6.3V.H2/c1-17-25(16-41)40-15-27(17)44-29-23(37-22-11-10-19(14-24(22)38-29)46-33(34,35)36)9-7-5-6-8-20-21-12-18(21)13-26(20)45-31(43)39-28(30(40)42)32(2,3)4;1-19-25(18-41)40-17-26(19)44-28-23(37-22-14-13-21(16-24(22)38-28)45-33(34,35)36)12-8-6-7-10-20-11-9-15-32(20,5)46-30(43)39-27(29(40)42)31(2,3)4;1-17-23(16-39)38-15-24(17)42-26-21(35-20-12-11-19(13-22(20)36-26)43-31(32,33)34)10-8-6-7-9-18-14-30(18,5)44-28(41)37-25(27(38)40)29(2,3)4;;;;/h10-11,14,17-18,20-21,25-28H,5-9,12-13,15H2,1-4H3,(H,39,43);13-14,16,19-20,25-27H,6-12,15,17H2,1-5H3,(H,39,43);11-13,17-18,23-25H,6-10,14-15H2,1-5H3,(H,37,41);;;;1H/q3*-1;;;;/t17-,18?,20+,21?,25+,26+,27-,28+;19-,20+,25+,26-,27+,32+;17-,18+,23+,24-,25+,30+;;;;/m000..../s1. The van der Waals surface area contributed by atoms with Crippen molar-refractivity contribution in [2.75, 3.05) is 19.6 Å². The smallest absolute Gasteiger partial charge is 0.540 e. The Labute approximate surface area is 838 Å². The van der Waals surface area contributed by atoms with Gasteiger partial charge >= 0.3 is 37.4 Å². The number of halogens is 9. The summed E-state index contributed by atoms with van der Waals surface area (Å²) in [7, 11) is 0. The maximum absolute atomic E-state index is 14.1. The Hall–Kier alpha value is -9.17. The van der Waals surface area contributed by atoms with Crippen LogP contribution >= 0.6 is 0 Å². The predicted molar refractivity (Wildman–Crippen MR) is 476 cm³/mol. The molecule has 10 aliphatic rings. The monoisotopic (exact) mass is 2070 g/mol. The molecule has 3 N–H and O–H groups in total. The van der Waals surface area contributed by atoms with Crippen LogP contribution in [0.25, 0.3) is 33.1 Å². The molecule has 3 radical (unpaired) electrons. The number of amides is 6. The quantitative estimate of drug-likeness (QED) is 0.0792. The van der Waals surface area contributed by atoms with Crippen LogP contribution in [-0.4, -0.2) is 210 Å². The van der Waals surface area contributed by atoms with E-state index in [9.17, 15) is 82.7 Å². The molecule has 6 aromatic rings. The molecule has 3 aromatic heterocycles. The molecule has 3 aromatic carbocycles. The van der Waals surface area contributed by atoms with Crippen molar-refractivity contribution in [3.63, 3.8) is 0 Å². The maximum atomic E-state index is 14.1. The molecule has 759 valence electrons. The first-order valence-electron chi connectivity index (χ1n) is 47.1. The van der Waals surface area contributed by atoms with Gasteiger partial charge in [-0.15, -0.1) is 39.5 Å². The summed E-state index contributed by atoms with van der Waals surface area (Å²) < 4.78 is 165. The molecule has 4 aliphatic carbocycles. The van der Waals surface area contributed by atoms with Gasteiger partial charge in [0.25, 0.3) is 0 Å². The molecule has 139 heavy (non-hydrogen) atoms. The fourth-order valence-corrected chi connectivity index (χ4v) is 20.6. The zero-order chi connectivity index (χ0) is 98.4. The molecule has 0 spiro atoms. The number of alkyl carbamates (subject to hydrolysis) is 3. The number of benzene rings is 3. The summed E-state index contributed by atoms with van der Waals surface area (Å²) in [5.74, 6) is -2.09. The van der Waals surface area contributed by atoms with Gasteiger partial charge in [0, 0.05) is 81.2 Å². The number of alkyl halides is 9. The summed E-state index contributed by atoms with van der Waals surface area (Å²) >= 11 is 0. The number of aryl methyl sites for hydroxylation is 3. The van der Waals surface area contributed by atoms with Crippen LogP contribution in [0.15, 0.2) is 54.6 Å². The van der Waals surface area contributed by atoms with E-state index < -0.39 is 172 Å². The topological polar surface area (TPSA) is 360 Å². The molecule has 16 rings (SSSR count). The fourth-order valence-electron chi connectivity index (χ4n) is 20.6. The van der Waals surface area contributed by atoms with Gasteiger partial charge in [0.1, 0.15) is 88.1 Å². The number of rotatable bonds is 6. The number of carbonyl (C=O) groups excluding carboxylic acids is 9. The average molecular weight is 2070 g/mol. The largest absolute Gasteiger partial charge is 0.573 e. The van der Waals surface area contributed by atoms with Gasteiger partial charge in [-0.05, 0) is 204 Å². The van der Waals surface area contributed by atoms with E-state index in [4.69, 9.17) is 38.4 Å². The van der Waals surface area contributed by atoms with E-state index in [2.05, 4.69) is 50.1 Å². The molecular weight excluding hydrogens is 1940 g/mol. The van der Waals surface area contributed by atoms with Gasteiger partial charge in [-0.25, -0.2) is 63.1 Å². The van der Waals surface area contributed by atoms with Crippen molar-refractivity contribution in [1.29, 1.82) is 0 Å². The fraction of sp³-hybridized carbons (Fsp3) is 0.660. The molecule has 6 aliphatic heterocycles. The van der Waals surface area contributed by atoms with Crippen LogP contribution in [0.1, 0.15) is 231 Å². The van der Waals surface area contributed by atoms with Crippen LogP contribution in [0, 0.1) is 63.6 Å². The molecule has 7 fully saturated rings. The van der Waals surface area contributed by atoms with Crippen LogP contribution in [-0.2, 0) is 118 Å². The van der Waals surface area contributed by atoms with Gasteiger partial charge in [-0.3, -0.25) is 14.4 Å². The molecule has 3 saturated heterocycles. The van der Waals surface area contributed by atoms with E-state index >= 15 is 0 Å². The second-order valence-corrected chi connectivity index (χ2v) is 41.8. The van der Waals surface area contributed by atoms with Crippen LogP contribution in [0.3, 0.4) is 0 Å². The zero-order valence-electron chi connectivity index (χ0n) is 80.2. The number of carbonyl (C=O) groups is 6. The van der Waals surface area contributed by atoms with Crippen molar-refractivity contribution < 1.29 is 182 Å². The second-order valence-electron chi connectivity index (χ2n) is 41.8. The van der Waals surface area contributed by atoms with Crippen LogP contribution in [0.2, 0.25) is 0 Å². The Morgan fingerprint density at radius 1 is 0.396 bits per heavy atom. The number of fused-ring (bicyclic) bond motifs is 17. The first-order valence-corrected chi connectivity index (χ1v) is 47.1. The molecule has 4 saturated carbocycles. The van der Waals surface area contributed by atoms with Gasteiger partial charge in [0.05, 0.1) is 52.7 Å². The summed E-state index contributed by atoms with van der Waals surface area (Å²) in [6, 6.07) is 5.40. The number of nitrogens with one attached hydrogen (secondary N) is 3. The van der Waals surface area contributed by atoms with E-state index in [0.717, 1.165) is 134 Å². The van der Waals surface area contributed by atoms with Gasteiger partial charge in [0.15, 0.2) is 0 Å². The summed E-state index contributed by atoms with van der Waals surface area (Å²) in [6.45, 7) is 25.5. The summed E-state index contributed by atoms with van der Waals surface area (Å²) in [6.07, 6.45) is 4.09. The third-order valence-corrected chi connectivity index (χ3v) is 28.5. The van der Waals surface area contributed by atoms with Crippen molar-refractivity contribution in [2.24, 2.45) is 63.6 Å². The number of ether oxygens (including phenoxy) is 9. The van der Waals surface area contributed by atoms with E-state index in [1.807, 2.05) is 95.0 Å². The normalized spacial score (nSPS) is 30.1. The minimum absolute atomic E-state index is 0. The SMILES string of the molecule is C[C@@H]1[C@@H]2CN(C(=O)[C@H](C(C)(C)C)NC(=O)O[C@@H]3CC4CC4[C@H]3CCCCCc3nc4ccc(OC(F)(F)F)cc4nc3O2)[C@@H]1[C-]=O.C[C@@H]1[C@@H]2CN(C(=O)[C@H](C(C)(C)C)NC(=O)O[C@]3(C)CCC[C@H]3CCCCCc3nc4ccc(OC(F)(F)F)cc4nc3O2)[C@@H]1[C-]=O.C[C@@H]1[C@@H]2CN(C(=O)[C@H](C(C)(C)C)NC(=O)O[C@]3(C)C[C@H]3CCCCCc3nc4ccc(OC(F)(F)F)cc4nc3O2)[C@@H]1[C-]=O.[HH].[V].[V].[V]. The van der Waals surface area contributed by atoms with Gasteiger partial charge in [0.2, 0.25) is 35.4 Å². The van der Waals surface area contributed by atoms with Gasteiger partial charge < -0.3 is 87.7 Å². The zero-order valence-corrected chi connectivity index (χ0v) is 84.4. The Balaban J connectivity index is 0.000000213. The average Bonchev–Trinajstić information content (AvgIpc) is 1.48. The molecule has 42 heteroatoms. The van der Waals surface area contributed by atoms with Crippen molar-refractivity contribution in [2.45, 2.75) is 323 Å². The number of hydrogen-bond donors (Lipinski definition) is 3. The van der Waals surface area contributed by atoms with Gasteiger partial charge in [-0.1, -0.05) is 140 Å². The number of hydrogen-bond acceptors (Lipinski definition) is 24. The third-order valence-electron chi connectivity index (χ3n) is 28.5. The summed E-state index contributed by atoms with van der Waals surface area (Å²) in [5, 5.41) is 8.38. The molecule has 6 bridgehead atoms.